The largest absolute Gasteiger partial charge is 0.494 e. The molecule has 1 aromatic rings. The van der Waals surface area contributed by atoms with Crippen molar-refractivity contribution in [1.82, 2.24) is 9.80 Å². The molecule has 168 valence electrons. The van der Waals surface area contributed by atoms with Crippen molar-refractivity contribution in [2.24, 2.45) is 5.41 Å². The van der Waals surface area contributed by atoms with Crippen LogP contribution in [0, 0.1) is 5.41 Å². The van der Waals surface area contributed by atoms with Gasteiger partial charge in [-0.2, -0.15) is 0 Å². The zero-order valence-corrected chi connectivity index (χ0v) is 18.6. The van der Waals surface area contributed by atoms with Crippen LogP contribution < -0.4 is 4.74 Å². The van der Waals surface area contributed by atoms with E-state index >= 15 is 0 Å². The fraction of sp³-hybridized carbons (Fsp3) is 0.682. The van der Waals surface area contributed by atoms with E-state index in [2.05, 4.69) is 0 Å². The van der Waals surface area contributed by atoms with Crippen molar-refractivity contribution >= 4 is 15.7 Å². The zero-order chi connectivity index (χ0) is 21.6. The molecule has 1 N–H and O–H groups in total. The molecule has 0 bridgehead atoms. The molecule has 7 nitrogen and oxygen atoms in total. The predicted molar refractivity (Wildman–Crippen MR) is 116 cm³/mol. The Morgan fingerprint density at radius 3 is 2.57 bits per heavy atom. The van der Waals surface area contributed by atoms with Gasteiger partial charge in [0.25, 0.3) is 0 Å². The maximum Gasteiger partial charge on any atom is 0.223 e. The van der Waals surface area contributed by atoms with Gasteiger partial charge in [0.05, 0.1) is 18.1 Å². The summed E-state index contributed by atoms with van der Waals surface area (Å²) in [6, 6.07) is 9.68. The molecule has 1 amide bonds. The molecule has 30 heavy (non-hydrogen) atoms. The first-order valence-electron chi connectivity index (χ1n) is 10.8. The summed E-state index contributed by atoms with van der Waals surface area (Å²) in [7, 11) is -1.01. The number of aliphatic hydroxyl groups is 1. The normalized spacial score (nSPS) is 22.9. The van der Waals surface area contributed by atoms with Gasteiger partial charge in [-0.3, -0.25) is 4.79 Å². The molecule has 1 unspecified atom stereocenters. The van der Waals surface area contributed by atoms with E-state index in [9.17, 15) is 18.3 Å². The maximum absolute atomic E-state index is 12.6. The number of carbonyl (C=O) groups excluding carboxylic acids is 1. The van der Waals surface area contributed by atoms with E-state index in [4.69, 9.17) is 4.74 Å². The second-order valence-electron chi connectivity index (χ2n) is 8.74. The summed E-state index contributed by atoms with van der Waals surface area (Å²) in [5.74, 6) is 1.39. The van der Waals surface area contributed by atoms with Gasteiger partial charge in [0.1, 0.15) is 5.75 Å². The number of ether oxygens (including phenoxy) is 1. The first kappa shape index (κ1) is 23.0. The Balaban J connectivity index is 1.40. The highest BCUT2D eigenvalue weighted by atomic mass is 32.2. The number of hydrogen-bond acceptors (Lipinski definition) is 6. The Kier molecular flexibility index (Phi) is 7.76. The second-order valence-corrected chi connectivity index (χ2v) is 11.0. The van der Waals surface area contributed by atoms with Crippen molar-refractivity contribution in [2.75, 3.05) is 51.4 Å². The molecule has 2 aliphatic rings. The van der Waals surface area contributed by atoms with E-state index < -0.39 is 9.84 Å². The van der Waals surface area contributed by atoms with Gasteiger partial charge in [0.15, 0.2) is 9.84 Å². The van der Waals surface area contributed by atoms with Crippen LogP contribution >= 0.6 is 0 Å². The first-order valence-corrected chi connectivity index (χ1v) is 12.6. The highest BCUT2D eigenvalue weighted by molar-refractivity contribution is 7.91. The van der Waals surface area contributed by atoms with E-state index in [1.807, 2.05) is 47.2 Å². The van der Waals surface area contributed by atoms with E-state index in [0.717, 1.165) is 25.0 Å². The summed E-state index contributed by atoms with van der Waals surface area (Å²) in [6.45, 7) is 2.52. The number of carbonyl (C=O) groups is 1. The molecule has 0 radical (unpaired) electrons. The summed E-state index contributed by atoms with van der Waals surface area (Å²) in [4.78, 5) is 16.5. The van der Waals surface area contributed by atoms with Crippen LogP contribution in [0.25, 0.3) is 0 Å². The number of amides is 1. The summed E-state index contributed by atoms with van der Waals surface area (Å²) in [6.07, 6.45) is 3.35. The van der Waals surface area contributed by atoms with Crippen molar-refractivity contribution in [3.05, 3.63) is 30.3 Å². The lowest BCUT2D eigenvalue weighted by molar-refractivity contribution is -0.134. The van der Waals surface area contributed by atoms with Crippen LogP contribution in [0.5, 0.6) is 5.75 Å². The number of nitrogens with zero attached hydrogens (tertiary/aromatic N) is 2. The Bertz CT molecular complexity index is 791. The monoisotopic (exact) mass is 438 g/mol. The molecular weight excluding hydrogens is 404 g/mol. The summed E-state index contributed by atoms with van der Waals surface area (Å²) in [5, 5.41) is 9.99. The smallest absolute Gasteiger partial charge is 0.223 e. The minimum Gasteiger partial charge on any atom is -0.494 e. The topological polar surface area (TPSA) is 87.2 Å². The summed E-state index contributed by atoms with van der Waals surface area (Å²) >= 11 is 0. The standard InChI is InChI=1S/C22H34N2O5S/c1-23(19-8-16-30(27,28)17-19)12-7-21(26)24-13-9-22(18-25,10-14-24)11-15-29-20-5-3-2-4-6-20/h2-6,19,25H,7-18H2,1H3. The number of hydrogen-bond donors (Lipinski definition) is 1. The van der Waals surface area contributed by atoms with E-state index in [0.29, 0.717) is 39.1 Å². The molecule has 3 rings (SSSR count). The number of aliphatic hydroxyl groups excluding tert-OH is 1. The minimum absolute atomic E-state index is 0.0239. The van der Waals surface area contributed by atoms with Crippen molar-refractivity contribution < 1.29 is 23.1 Å². The van der Waals surface area contributed by atoms with E-state index in [-0.39, 0.29) is 35.5 Å². The van der Waals surface area contributed by atoms with Gasteiger partial charge in [-0.25, -0.2) is 8.42 Å². The van der Waals surface area contributed by atoms with E-state index in [1.165, 1.54) is 0 Å². The van der Waals surface area contributed by atoms with Gasteiger partial charge in [-0.15, -0.1) is 0 Å². The number of sulfone groups is 1. The zero-order valence-electron chi connectivity index (χ0n) is 17.8. The van der Waals surface area contributed by atoms with Gasteiger partial charge in [0, 0.05) is 44.1 Å². The lowest BCUT2D eigenvalue weighted by Crippen LogP contribution is -2.46. The summed E-state index contributed by atoms with van der Waals surface area (Å²) in [5.41, 5.74) is -0.194. The van der Waals surface area contributed by atoms with Crippen LogP contribution in [-0.4, -0.2) is 86.7 Å². The molecule has 2 heterocycles. The van der Waals surface area contributed by atoms with Crippen LogP contribution in [0.2, 0.25) is 0 Å². The van der Waals surface area contributed by atoms with Gasteiger partial charge >= 0.3 is 0 Å². The highest BCUT2D eigenvalue weighted by Gasteiger charge is 2.36. The number of benzene rings is 1. The van der Waals surface area contributed by atoms with E-state index in [1.54, 1.807) is 0 Å². The van der Waals surface area contributed by atoms with Crippen LogP contribution in [-0.2, 0) is 14.6 Å². The Morgan fingerprint density at radius 2 is 1.97 bits per heavy atom. The molecule has 0 aliphatic carbocycles. The Morgan fingerprint density at radius 1 is 1.27 bits per heavy atom. The quantitative estimate of drug-likeness (QED) is 0.630. The molecule has 8 heteroatoms. The van der Waals surface area contributed by atoms with Gasteiger partial charge < -0.3 is 19.6 Å². The van der Waals surface area contributed by atoms with Gasteiger partial charge in [-0.1, -0.05) is 18.2 Å². The Hall–Kier alpha value is -1.64. The number of piperidine rings is 1. The third-order valence-corrected chi connectivity index (χ3v) is 8.42. The van der Waals surface area contributed by atoms with Crippen LogP contribution in [0.15, 0.2) is 30.3 Å². The van der Waals surface area contributed by atoms with Gasteiger partial charge in [-0.05, 0) is 44.9 Å². The van der Waals surface area contributed by atoms with Crippen molar-refractivity contribution in [3.8, 4) is 5.75 Å². The average molecular weight is 439 g/mol. The molecule has 0 saturated carbocycles. The van der Waals surface area contributed by atoms with Crippen molar-refractivity contribution in [3.63, 3.8) is 0 Å². The molecule has 1 atom stereocenters. The Labute approximate surface area is 179 Å². The minimum atomic E-state index is -2.91. The van der Waals surface area contributed by atoms with Gasteiger partial charge in [0.2, 0.25) is 5.91 Å². The van der Waals surface area contributed by atoms with Crippen LogP contribution in [0.4, 0.5) is 0 Å². The lowest BCUT2D eigenvalue weighted by atomic mass is 9.76. The first-order chi connectivity index (χ1) is 14.3. The van der Waals surface area contributed by atoms with Crippen molar-refractivity contribution in [2.45, 2.75) is 38.1 Å². The average Bonchev–Trinajstić information content (AvgIpc) is 3.13. The molecule has 0 spiro atoms. The molecular formula is C22H34N2O5S. The van der Waals surface area contributed by atoms with Crippen molar-refractivity contribution in [1.29, 1.82) is 0 Å². The fourth-order valence-corrected chi connectivity index (χ4v) is 6.16. The highest BCUT2D eigenvalue weighted by Crippen LogP contribution is 2.35. The predicted octanol–water partition coefficient (Wildman–Crippen LogP) is 1.57. The third kappa shape index (κ3) is 6.18. The third-order valence-electron chi connectivity index (χ3n) is 6.67. The summed E-state index contributed by atoms with van der Waals surface area (Å²) < 4.78 is 29.1. The second kappa shape index (κ2) is 10.1. The molecule has 2 fully saturated rings. The molecule has 2 aliphatic heterocycles. The number of rotatable bonds is 9. The molecule has 2 saturated heterocycles. The lowest BCUT2D eigenvalue weighted by Gasteiger charge is -2.41. The maximum atomic E-state index is 12.6. The number of likely N-dealkylation sites (tertiary alicyclic amines) is 1. The van der Waals surface area contributed by atoms with Crippen LogP contribution in [0.3, 0.4) is 0 Å². The van der Waals surface area contributed by atoms with Crippen LogP contribution in [0.1, 0.15) is 32.1 Å². The SMILES string of the molecule is CN(CCC(=O)N1CCC(CO)(CCOc2ccccc2)CC1)C1CCS(=O)(=O)C1. The fourth-order valence-electron chi connectivity index (χ4n) is 4.36. The molecule has 0 aromatic heterocycles. The molecule has 1 aromatic carbocycles. The number of para-hydroxylation sites is 1.